The van der Waals surface area contributed by atoms with E-state index in [2.05, 4.69) is 16.8 Å². The lowest BCUT2D eigenvalue weighted by atomic mass is 10.1. The molecule has 2 nitrogen and oxygen atoms in total. The molecular weight excluding hydrogens is 208 g/mol. The predicted octanol–water partition coefficient (Wildman–Crippen LogP) is 3.30. The monoisotopic (exact) mass is 218 g/mol. The van der Waals surface area contributed by atoms with Gasteiger partial charge in [-0.05, 0) is 29.8 Å². The fourth-order valence-corrected chi connectivity index (χ4v) is 1.52. The molecule has 0 fully saturated rings. The molecule has 0 aliphatic carbocycles. The van der Waals surface area contributed by atoms with Crippen molar-refractivity contribution in [3.63, 3.8) is 0 Å². The number of H-pyrrole nitrogens is 1. The van der Waals surface area contributed by atoms with E-state index in [1.807, 2.05) is 30.3 Å². The van der Waals surface area contributed by atoms with E-state index in [4.69, 9.17) is 11.6 Å². The number of halogens is 1. The number of rotatable bonds is 3. The van der Waals surface area contributed by atoms with Crippen LogP contribution in [0.25, 0.3) is 6.08 Å². The van der Waals surface area contributed by atoms with Gasteiger partial charge in [-0.25, -0.2) is 0 Å². The van der Waals surface area contributed by atoms with Crippen LogP contribution in [0.3, 0.4) is 0 Å². The minimum Gasteiger partial charge on any atom is -0.282 e. The highest BCUT2D eigenvalue weighted by Gasteiger charge is 1.99. The maximum atomic E-state index is 5.81. The zero-order valence-corrected chi connectivity index (χ0v) is 8.96. The molecule has 1 aromatic carbocycles. The Kier molecular flexibility index (Phi) is 2.88. The average molecular weight is 219 g/mol. The molecule has 0 saturated heterocycles. The second-order valence-corrected chi connectivity index (χ2v) is 3.76. The molecule has 1 heterocycles. The quantitative estimate of drug-likeness (QED) is 0.842. The number of hydrogen-bond acceptors (Lipinski definition) is 1. The molecule has 1 aromatic heterocycles. The summed E-state index contributed by atoms with van der Waals surface area (Å²) in [4.78, 5) is 0. The molecule has 0 spiro atoms. The zero-order valence-electron chi connectivity index (χ0n) is 8.20. The lowest BCUT2D eigenvalue weighted by Crippen LogP contribution is -1.87. The van der Waals surface area contributed by atoms with Gasteiger partial charge in [0, 0.05) is 17.1 Å². The Morgan fingerprint density at radius 1 is 1.33 bits per heavy atom. The summed E-state index contributed by atoms with van der Waals surface area (Å²) in [6.07, 6.45) is 2.56. The van der Waals surface area contributed by atoms with E-state index in [1.165, 1.54) is 5.56 Å². The van der Waals surface area contributed by atoms with Gasteiger partial charge in [0.25, 0.3) is 0 Å². The summed E-state index contributed by atoms with van der Waals surface area (Å²) in [6, 6.07) is 9.79. The molecule has 15 heavy (non-hydrogen) atoms. The van der Waals surface area contributed by atoms with Gasteiger partial charge in [0.15, 0.2) is 0 Å². The van der Waals surface area contributed by atoms with Gasteiger partial charge in [-0.1, -0.05) is 30.3 Å². The highest BCUT2D eigenvalue weighted by Crippen LogP contribution is 2.13. The van der Waals surface area contributed by atoms with E-state index >= 15 is 0 Å². The third kappa shape index (κ3) is 2.48. The van der Waals surface area contributed by atoms with Gasteiger partial charge in [-0.3, -0.25) is 5.10 Å². The summed E-state index contributed by atoms with van der Waals surface area (Å²) in [5, 5.41) is 7.80. The first-order valence-corrected chi connectivity index (χ1v) is 5.07. The van der Waals surface area contributed by atoms with E-state index in [1.54, 1.807) is 6.08 Å². The van der Waals surface area contributed by atoms with Crippen molar-refractivity contribution in [3.05, 3.63) is 58.9 Å². The molecule has 1 N–H and O–H groups in total. The number of benzene rings is 1. The number of aromatic amines is 1. The molecule has 76 valence electrons. The van der Waals surface area contributed by atoms with E-state index in [9.17, 15) is 0 Å². The first kappa shape index (κ1) is 9.99. The van der Waals surface area contributed by atoms with Crippen molar-refractivity contribution in [3.8, 4) is 0 Å². The molecular formula is C12H11ClN2. The van der Waals surface area contributed by atoms with Crippen LogP contribution in [0.15, 0.2) is 36.9 Å². The normalized spacial score (nSPS) is 10.2. The van der Waals surface area contributed by atoms with E-state index in [0.717, 1.165) is 22.8 Å². The standard InChI is InChI=1S/C12H11ClN2/c1-2-11-8-12(15-14-11)7-9-3-5-10(13)6-4-9/h2-6,8H,1,7H2,(H,14,15). The van der Waals surface area contributed by atoms with Crippen molar-refractivity contribution in [1.82, 2.24) is 10.2 Å². The van der Waals surface area contributed by atoms with Gasteiger partial charge in [-0.15, -0.1) is 0 Å². The molecule has 0 saturated carbocycles. The van der Waals surface area contributed by atoms with Gasteiger partial charge >= 0.3 is 0 Å². The lowest BCUT2D eigenvalue weighted by molar-refractivity contribution is 0.992. The number of hydrogen-bond donors (Lipinski definition) is 1. The highest BCUT2D eigenvalue weighted by molar-refractivity contribution is 6.30. The fourth-order valence-electron chi connectivity index (χ4n) is 1.40. The second-order valence-electron chi connectivity index (χ2n) is 3.33. The van der Waals surface area contributed by atoms with Crippen molar-refractivity contribution < 1.29 is 0 Å². The van der Waals surface area contributed by atoms with Crippen molar-refractivity contribution in [2.45, 2.75) is 6.42 Å². The number of nitrogens with zero attached hydrogens (tertiary/aromatic N) is 1. The summed E-state index contributed by atoms with van der Waals surface area (Å²) in [7, 11) is 0. The Morgan fingerprint density at radius 2 is 2.07 bits per heavy atom. The van der Waals surface area contributed by atoms with E-state index < -0.39 is 0 Å². The molecule has 0 aliphatic heterocycles. The Balaban J connectivity index is 2.14. The van der Waals surface area contributed by atoms with Crippen LogP contribution in [0.4, 0.5) is 0 Å². The SMILES string of the molecule is C=Cc1cc(Cc2ccc(Cl)cc2)[nH]n1. The molecule has 0 radical (unpaired) electrons. The fraction of sp³-hybridized carbons (Fsp3) is 0.0833. The van der Waals surface area contributed by atoms with Crippen molar-refractivity contribution in [2.24, 2.45) is 0 Å². The number of nitrogens with one attached hydrogen (secondary N) is 1. The maximum Gasteiger partial charge on any atom is 0.0845 e. The molecule has 0 amide bonds. The van der Waals surface area contributed by atoms with Crippen LogP contribution < -0.4 is 0 Å². The van der Waals surface area contributed by atoms with Crippen LogP contribution in [0.1, 0.15) is 17.0 Å². The highest BCUT2D eigenvalue weighted by atomic mass is 35.5. The van der Waals surface area contributed by atoms with Crippen molar-refractivity contribution >= 4 is 17.7 Å². The molecule has 3 heteroatoms. The second kappa shape index (κ2) is 4.32. The van der Waals surface area contributed by atoms with Gasteiger partial charge < -0.3 is 0 Å². The van der Waals surface area contributed by atoms with Crippen LogP contribution in [-0.4, -0.2) is 10.2 Å². The number of aromatic nitrogens is 2. The van der Waals surface area contributed by atoms with Crippen molar-refractivity contribution in [2.75, 3.05) is 0 Å². The van der Waals surface area contributed by atoms with Crippen LogP contribution in [0.5, 0.6) is 0 Å². The summed E-state index contributed by atoms with van der Waals surface area (Å²) in [5.41, 5.74) is 3.16. The summed E-state index contributed by atoms with van der Waals surface area (Å²) in [5.74, 6) is 0. The van der Waals surface area contributed by atoms with Crippen LogP contribution in [-0.2, 0) is 6.42 Å². The summed E-state index contributed by atoms with van der Waals surface area (Å²) in [6.45, 7) is 3.66. The molecule has 0 unspecified atom stereocenters. The minimum atomic E-state index is 0.759. The minimum absolute atomic E-state index is 0.759. The predicted molar refractivity (Wildman–Crippen MR) is 62.9 cm³/mol. The van der Waals surface area contributed by atoms with Gasteiger partial charge in [-0.2, -0.15) is 5.10 Å². The van der Waals surface area contributed by atoms with Crippen molar-refractivity contribution in [1.29, 1.82) is 0 Å². The van der Waals surface area contributed by atoms with Gasteiger partial charge in [0.1, 0.15) is 0 Å². The smallest absolute Gasteiger partial charge is 0.0845 e. The molecule has 0 atom stereocenters. The first-order chi connectivity index (χ1) is 7.28. The lowest BCUT2D eigenvalue weighted by Gasteiger charge is -1.98. The van der Waals surface area contributed by atoms with E-state index in [0.29, 0.717) is 0 Å². The summed E-state index contributed by atoms with van der Waals surface area (Å²) >= 11 is 5.81. The third-order valence-electron chi connectivity index (χ3n) is 2.17. The summed E-state index contributed by atoms with van der Waals surface area (Å²) < 4.78 is 0. The molecule has 0 aliphatic rings. The third-order valence-corrected chi connectivity index (χ3v) is 2.42. The molecule has 2 aromatic rings. The van der Waals surface area contributed by atoms with Crippen LogP contribution >= 0.6 is 11.6 Å². The van der Waals surface area contributed by atoms with E-state index in [-0.39, 0.29) is 0 Å². The topological polar surface area (TPSA) is 28.7 Å². The maximum absolute atomic E-state index is 5.81. The largest absolute Gasteiger partial charge is 0.282 e. The Labute approximate surface area is 93.6 Å². The van der Waals surface area contributed by atoms with Crippen LogP contribution in [0, 0.1) is 0 Å². The molecule has 2 rings (SSSR count). The van der Waals surface area contributed by atoms with Gasteiger partial charge in [0.05, 0.1) is 5.69 Å². The average Bonchev–Trinajstić information content (AvgIpc) is 2.69. The van der Waals surface area contributed by atoms with Crippen LogP contribution in [0.2, 0.25) is 5.02 Å². The Morgan fingerprint density at radius 3 is 2.67 bits per heavy atom. The van der Waals surface area contributed by atoms with Gasteiger partial charge in [0.2, 0.25) is 0 Å². The zero-order chi connectivity index (χ0) is 10.7. The first-order valence-electron chi connectivity index (χ1n) is 4.69. The molecule has 0 bridgehead atoms. The Bertz CT molecular complexity index is 457. The Hall–Kier alpha value is -1.54.